The van der Waals surface area contributed by atoms with E-state index in [1.54, 1.807) is 0 Å². The first-order chi connectivity index (χ1) is 8.27. The van der Waals surface area contributed by atoms with Crippen LogP contribution in [0.2, 0.25) is 0 Å². The Labute approximate surface area is 101 Å². The summed E-state index contributed by atoms with van der Waals surface area (Å²) in [4.78, 5) is 12.0. The van der Waals surface area contributed by atoms with Crippen molar-refractivity contribution in [2.75, 3.05) is 6.54 Å². The highest BCUT2D eigenvalue weighted by molar-refractivity contribution is 6.04. The zero-order chi connectivity index (χ0) is 12.3. The molecule has 0 unspecified atom stereocenters. The molecule has 1 N–H and O–H groups in total. The monoisotopic (exact) mass is 231 g/mol. The number of nitrogens with one attached hydrogen (secondary N) is 1. The van der Waals surface area contributed by atoms with Crippen LogP contribution in [0.1, 0.15) is 30.8 Å². The zero-order valence-corrected chi connectivity index (χ0v) is 10.2. The quantitative estimate of drug-likeness (QED) is 0.876. The number of amides is 1. The Morgan fingerprint density at radius 1 is 1.35 bits per heavy atom. The van der Waals surface area contributed by atoms with Crippen molar-refractivity contribution in [3.63, 3.8) is 0 Å². The second-order valence-electron chi connectivity index (χ2n) is 3.94. The van der Waals surface area contributed by atoms with Gasteiger partial charge in [0.15, 0.2) is 5.69 Å². The number of hydrogen-bond donors (Lipinski definition) is 1. The average molecular weight is 231 g/mol. The van der Waals surface area contributed by atoms with Gasteiger partial charge in [-0.1, -0.05) is 25.1 Å². The number of carbonyl (C=O) groups is 1. The van der Waals surface area contributed by atoms with E-state index in [-0.39, 0.29) is 5.91 Å². The third-order valence-electron chi connectivity index (χ3n) is 2.71. The van der Waals surface area contributed by atoms with E-state index < -0.39 is 0 Å². The van der Waals surface area contributed by atoms with Gasteiger partial charge in [0.1, 0.15) is 0 Å². The third kappa shape index (κ3) is 2.16. The van der Waals surface area contributed by atoms with E-state index in [1.807, 2.05) is 42.8 Å². The molecular weight excluding hydrogens is 214 g/mol. The van der Waals surface area contributed by atoms with E-state index in [1.165, 1.54) is 0 Å². The Bertz CT molecular complexity index is 530. The minimum atomic E-state index is -0.0877. The number of fused-ring (bicyclic) bond motifs is 1. The van der Waals surface area contributed by atoms with Gasteiger partial charge < -0.3 is 5.32 Å². The van der Waals surface area contributed by atoms with E-state index >= 15 is 0 Å². The predicted octanol–water partition coefficient (Wildman–Crippen LogP) is 2.20. The van der Waals surface area contributed by atoms with Crippen molar-refractivity contribution in [3.8, 4) is 0 Å². The van der Waals surface area contributed by atoms with Crippen LogP contribution in [0.25, 0.3) is 10.9 Å². The summed E-state index contributed by atoms with van der Waals surface area (Å²) >= 11 is 0. The summed E-state index contributed by atoms with van der Waals surface area (Å²) in [5, 5.41) is 8.15. The van der Waals surface area contributed by atoms with Crippen molar-refractivity contribution in [2.24, 2.45) is 0 Å². The maximum absolute atomic E-state index is 12.0. The highest BCUT2D eigenvalue weighted by Gasteiger charge is 2.15. The van der Waals surface area contributed by atoms with Crippen LogP contribution in [0.4, 0.5) is 0 Å². The second-order valence-corrected chi connectivity index (χ2v) is 3.94. The van der Waals surface area contributed by atoms with Crippen LogP contribution in [0.3, 0.4) is 0 Å². The molecule has 1 aromatic carbocycles. The lowest BCUT2D eigenvalue weighted by molar-refractivity contribution is 0.0949. The molecule has 0 aliphatic carbocycles. The van der Waals surface area contributed by atoms with Gasteiger partial charge in [-0.15, -0.1) is 0 Å². The van der Waals surface area contributed by atoms with Crippen molar-refractivity contribution in [3.05, 3.63) is 30.0 Å². The number of rotatable bonds is 4. The summed E-state index contributed by atoms with van der Waals surface area (Å²) in [6.45, 7) is 5.50. The Morgan fingerprint density at radius 3 is 2.82 bits per heavy atom. The van der Waals surface area contributed by atoms with E-state index in [9.17, 15) is 4.79 Å². The summed E-state index contributed by atoms with van der Waals surface area (Å²) in [5.74, 6) is -0.0877. The minimum Gasteiger partial charge on any atom is -0.351 e. The molecule has 0 bridgehead atoms. The van der Waals surface area contributed by atoms with Gasteiger partial charge in [0.25, 0.3) is 5.91 Å². The molecule has 1 aromatic heterocycles. The van der Waals surface area contributed by atoms with Gasteiger partial charge >= 0.3 is 0 Å². The molecule has 0 saturated carbocycles. The lowest BCUT2D eigenvalue weighted by Gasteiger charge is -1.99. The Morgan fingerprint density at radius 2 is 2.12 bits per heavy atom. The molecule has 0 spiro atoms. The SMILES string of the molecule is CCCNC(=O)c1nn(CC)c2ccccc12. The number of carbonyl (C=O) groups excluding carboxylic acids is 1. The van der Waals surface area contributed by atoms with Crippen molar-refractivity contribution >= 4 is 16.8 Å². The fourth-order valence-electron chi connectivity index (χ4n) is 1.86. The molecule has 2 aromatic rings. The summed E-state index contributed by atoms with van der Waals surface area (Å²) in [5.41, 5.74) is 1.53. The van der Waals surface area contributed by atoms with Crippen LogP contribution in [0, 0.1) is 0 Å². The first-order valence-corrected chi connectivity index (χ1v) is 6.01. The molecule has 90 valence electrons. The molecule has 0 radical (unpaired) electrons. The highest BCUT2D eigenvalue weighted by Crippen LogP contribution is 2.18. The smallest absolute Gasteiger partial charge is 0.272 e. The molecule has 0 aliphatic heterocycles. The maximum Gasteiger partial charge on any atom is 0.272 e. The molecule has 2 rings (SSSR count). The van der Waals surface area contributed by atoms with E-state index in [4.69, 9.17) is 0 Å². The molecule has 4 heteroatoms. The fraction of sp³-hybridized carbons (Fsp3) is 0.385. The molecule has 4 nitrogen and oxygen atoms in total. The van der Waals surface area contributed by atoms with Crippen molar-refractivity contribution in [1.29, 1.82) is 0 Å². The van der Waals surface area contributed by atoms with E-state index in [2.05, 4.69) is 10.4 Å². The van der Waals surface area contributed by atoms with Gasteiger partial charge in [-0.2, -0.15) is 5.10 Å². The first-order valence-electron chi connectivity index (χ1n) is 6.01. The number of nitrogens with zero attached hydrogens (tertiary/aromatic N) is 2. The van der Waals surface area contributed by atoms with Gasteiger partial charge in [0.05, 0.1) is 5.52 Å². The normalized spacial score (nSPS) is 10.7. The van der Waals surface area contributed by atoms with Crippen LogP contribution in [0.15, 0.2) is 24.3 Å². The molecule has 0 saturated heterocycles. The molecular formula is C13H17N3O. The van der Waals surface area contributed by atoms with Gasteiger partial charge in [0, 0.05) is 18.5 Å². The largest absolute Gasteiger partial charge is 0.351 e. The van der Waals surface area contributed by atoms with Gasteiger partial charge in [0.2, 0.25) is 0 Å². The van der Waals surface area contributed by atoms with E-state index in [0.717, 1.165) is 23.9 Å². The first kappa shape index (κ1) is 11.6. The van der Waals surface area contributed by atoms with E-state index in [0.29, 0.717) is 12.2 Å². The molecule has 0 aliphatic rings. The Hall–Kier alpha value is -1.84. The van der Waals surface area contributed by atoms with Crippen LogP contribution in [0.5, 0.6) is 0 Å². The standard InChI is InChI=1S/C13H17N3O/c1-3-9-14-13(17)12-10-7-5-6-8-11(10)16(4-2)15-12/h5-8H,3-4,9H2,1-2H3,(H,14,17). The lowest BCUT2D eigenvalue weighted by atomic mass is 10.2. The maximum atomic E-state index is 12.0. The number of aromatic nitrogens is 2. The van der Waals surface area contributed by atoms with Crippen LogP contribution >= 0.6 is 0 Å². The van der Waals surface area contributed by atoms with Gasteiger partial charge in [-0.05, 0) is 19.4 Å². The third-order valence-corrected chi connectivity index (χ3v) is 2.71. The van der Waals surface area contributed by atoms with Crippen molar-refractivity contribution in [1.82, 2.24) is 15.1 Å². The topological polar surface area (TPSA) is 46.9 Å². The number of para-hydroxylation sites is 1. The summed E-state index contributed by atoms with van der Waals surface area (Å²) in [6.07, 6.45) is 0.929. The van der Waals surface area contributed by atoms with Crippen LogP contribution in [-0.2, 0) is 6.54 Å². The fourth-order valence-corrected chi connectivity index (χ4v) is 1.86. The second kappa shape index (κ2) is 4.99. The van der Waals surface area contributed by atoms with Crippen molar-refractivity contribution in [2.45, 2.75) is 26.8 Å². The molecule has 0 fully saturated rings. The van der Waals surface area contributed by atoms with Crippen LogP contribution in [-0.4, -0.2) is 22.2 Å². The number of hydrogen-bond acceptors (Lipinski definition) is 2. The molecule has 17 heavy (non-hydrogen) atoms. The highest BCUT2D eigenvalue weighted by atomic mass is 16.1. The van der Waals surface area contributed by atoms with Gasteiger partial charge in [-0.3, -0.25) is 9.48 Å². The summed E-state index contributed by atoms with van der Waals surface area (Å²) < 4.78 is 1.86. The average Bonchev–Trinajstić information content (AvgIpc) is 2.75. The summed E-state index contributed by atoms with van der Waals surface area (Å²) in [7, 11) is 0. The predicted molar refractivity (Wildman–Crippen MR) is 68.0 cm³/mol. The van der Waals surface area contributed by atoms with Gasteiger partial charge in [-0.25, -0.2) is 0 Å². The number of benzene rings is 1. The van der Waals surface area contributed by atoms with Crippen LogP contribution < -0.4 is 5.32 Å². The Kier molecular flexibility index (Phi) is 3.42. The molecule has 1 amide bonds. The minimum absolute atomic E-state index is 0.0877. The zero-order valence-electron chi connectivity index (χ0n) is 10.2. The molecule has 0 atom stereocenters. The Balaban J connectivity index is 2.43. The summed E-state index contributed by atoms with van der Waals surface area (Å²) in [6, 6.07) is 7.82. The van der Waals surface area contributed by atoms with Crippen molar-refractivity contribution < 1.29 is 4.79 Å². The molecule has 1 heterocycles. The number of aryl methyl sites for hydroxylation is 1. The lowest BCUT2D eigenvalue weighted by Crippen LogP contribution is -2.24.